The predicted octanol–water partition coefficient (Wildman–Crippen LogP) is 3.36. The lowest BCUT2D eigenvalue weighted by Crippen LogP contribution is -2.49. The molecular formula is C22H24N4O2. The number of anilines is 1. The lowest BCUT2D eigenvalue weighted by molar-refractivity contribution is 0.0741. The van der Waals surface area contributed by atoms with Gasteiger partial charge in [-0.2, -0.15) is 5.10 Å². The van der Waals surface area contributed by atoms with Gasteiger partial charge in [-0.1, -0.05) is 18.2 Å². The monoisotopic (exact) mass is 376 g/mol. The Morgan fingerprint density at radius 1 is 1.04 bits per heavy atom. The van der Waals surface area contributed by atoms with Gasteiger partial charge in [-0.05, 0) is 48.9 Å². The molecule has 1 amide bonds. The number of rotatable bonds is 4. The standard InChI is InChI=1S/C22H24N4O2/c1-16-5-3-4-6-21(16)25-11-13-26(14-12-25)22(27)20-15-19(23-24-20)17-7-9-18(28-2)10-8-17/h3-10,15H,11-14H2,1-2H3,(H,23,24). The Hall–Kier alpha value is -3.28. The number of nitrogens with one attached hydrogen (secondary N) is 1. The summed E-state index contributed by atoms with van der Waals surface area (Å²) < 4.78 is 5.18. The fraction of sp³-hybridized carbons (Fsp3) is 0.273. The summed E-state index contributed by atoms with van der Waals surface area (Å²) >= 11 is 0. The normalized spacial score (nSPS) is 14.2. The number of ether oxygens (including phenoxy) is 1. The zero-order valence-corrected chi connectivity index (χ0v) is 16.2. The predicted molar refractivity (Wildman–Crippen MR) is 110 cm³/mol. The Labute approximate surface area is 164 Å². The highest BCUT2D eigenvalue weighted by molar-refractivity contribution is 5.93. The summed E-state index contributed by atoms with van der Waals surface area (Å²) in [7, 11) is 1.64. The zero-order chi connectivity index (χ0) is 19.5. The molecule has 6 nitrogen and oxygen atoms in total. The average Bonchev–Trinajstić information content (AvgIpc) is 3.24. The number of piperazine rings is 1. The molecule has 0 spiro atoms. The molecule has 1 N–H and O–H groups in total. The molecule has 0 bridgehead atoms. The second-order valence-corrected chi connectivity index (χ2v) is 6.96. The van der Waals surface area contributed by atoms with Crippen LogP contribution in [0.3, 0.4) is 0 Å². The van der Waals surface area contributed by atoms with E-state index in [1.54, 1.807) is 7.11 Å². The lowest BCUT2D eigenvalue weighted by atomic mass is 10.1. The first-order chi connectivity index (χ1) is 13.7. The summed E-state index contributed by atoms with van der Waals surface area (Å²) in [6, 6.07) is 17.8. The first kappa shape index (κ1) is 18.1. The maximum Gasteiger partial charge on any atom is 0.272 e. The molecule has 2 aromatic carbocycles. The maximum atomic E-state index is 12.9. The fourth-order valence-electron chi connectivity index (χ4n) is 3.58. The van der Waals surface area contributed by atoms with Gasteiger partial charge in [0.15, 0.2) is 0 Å². The second kappa shape index (κ2) is 7.76. The van der Waals surface area contributed by atoms with Crippen molar-refractivity contribution in [2.24, 2.45) is 0 Å². The molecule has 1 fully saturated rings. The smallest absolute Gasteiger partial charge is 0.272 e. The number of hydrogen-bond acceptors (Lipinski definition) is 4. The lowest BCUT2D eigenvalue weighted by Gasteiger charge is -2.36. The van der Waals surface area contributed by atoms with E-state index >= 15 is 0 Å². The van der Waals surface area contributed by atoms with Crippen molar-refractivity contribution in [2.75, 3.05) is 38.2 Å². The Morgan fingerprint density at radius 3 is 2.43 bits per heavy atom. The molecule has 0 radical (unpaired) electrons. The Kier molecular flexibility index (Phi) is 5.02. The third kappa shape index (κ3) is 3.58. The van der Waals surface area contributed by atoms with Crippen LogP contribution < -0.4 is 9.64 Å². The zero-order valence-electron chi connectivity index (χ0n) is 16.2. The highest BCUT2D eigenvalue weighted by atomic mass is 16.5. The van der Waals surface area contributed by atoms with Gasteiger partial charge in [-0.3, -0.25) is 9.89 Å². The molecule has 28 heavy (non-hydrogen) atoms. The van der Waals surface area contributed by atoms with Crippen LogP contribution in [0.15, 0.2) is 54.6 Å². The van der Waals surface area contributed by atoms with Gasteiger partial charge >= 0.3 is 0 Å². The van der Waals surface area contributed by atoms with Crippen molar-refractivity contribution in [1.82, 2.24) is 15.1 Å². The minimum Gasteiger partial charge on any atom is -0.497 e. The molecule has 1 aliphatic rings. The number of para-hydroxylation sites is 1. The van der Waals surface area contributed by atoms with Gasteiger partial charge in [0.2, 0.25) is 0 Å². The number of H-pyrrole nitrogens is 1. The third-order valence-corrected chi connectivity index (χ3v) is 5.22. The maximum absolute atomic E-state index is 12.9. The number of carbonyl (C=O) groups excluding carboxylic acids is 1. The van der Waals surface area contributed by atoms with Crippen LogP contribution in [0, 0.1) is 6.92 Å². The Bertz CT molecular complexity index is 957. The number of amides is 1. The summed E-state index contributed by atoms with van der Waals surface area (Å²) in [6.07, 6.45) is 0. The van der Waals surface area contributed by atoms with Crippen LogP contribution in [0.1, 0.15) is 16.1 Å². The van der Waals surface area contributed by atoms with Crippen LogP contribution in [0.2, 0.25) is 0 Å². The van der Waals surface area contributed by atoms with E-state index in [1.807, 2.05) is 35.2 Å². The van der Waals surface area contributed by atoms with E-state index in [9.17, 15) is 4.79 Å². The highest BCUT2D eigenvalue weighted by Gasteiger charge is 2.24. The first-order valence-electron chi connectivity index (χ1n) is 9.45. The molecule has 1 saturated heterocycles. The van der Waals surface area contributed by atoms with Gasteiger partial charge in [0, 0.05) is 37.4 Å². The summed E-state index contributed by atoms with van der Waals surface area (Å²) in [5.74, 6) is 0.791. The molecular weight excluding hydrogens is 352 g/mol. The van der Waals surface area contributed by atoms with E-state index in [2.05, 4.69) is 46.3 Å². The van der Waals surface area contributed by atoms with Crippen LogP contribution >= 0.6 is 0 Å². The number of benzene rings is 2. The second-order valence-electron chi connectivity index (χ2n) is 6.96. The molecule has 144 valence electrons. The fourth-order valence-corrected chi connectivity index (χ4v) is 3.58. The van der Waals surface area contributed by atoms with Gasteiger partial charge in [0.25, 0.3) is 5.91 Å². The van der Waals surface area contributed by atoms with E-state index < -0.39 is 0 Å². The number of aromatic nitrogens is 2. The van der Waals surface area contributed by atoms with Crippen LogP contribution in [-0.4, -0.2) is 54.3 Å². The van der Waals surface area contributed by atoms with E-state index in [0.717, 1.165) is 30.1 Å². The van der Waals surface area contributed by atoms with Crippen LogP contribution in [0.4, 0.5) is 5.69 Å². The SMILES string of the molecule is COc1ccc(-c2cc(C(=O)N3CCN(c4ccccc4C)CC3)[nH]n2)cc1. The minimum absolute atomic E-state index is 0.00306. The number of aromatic amines is 1. The Morgan fingerprint density at radius 2 is 1.75 bits per heavy atom. The summed E-state index contributed by atoms with van der Waals surface area (Å²) in [6.45, 7) is 5.18. The summed E-state index contributed by atoms with van der Waals surface area (Å²) in [4.78, 5) is 17.1. The van der Waals surface area contributed by atoms with Crippen LogP contribution in [0.25, 0.3) is 11.3 Å². The molecule has 2 heterocycles. The Balaban J connectivity index is 1.42. The van der Waals surface area contributed by atoms with Gasteiger partial charge < -0.3 is 14.5 Å². The summed E-state index contributed by atoms with van der Waals surface area (Å²) in [5.41, 5.74) is 4.73. The first-order valence-corrected chi connectivity index (χ1v) is 9.45. The molecule has 1 aromatic heterocycles. The minimum atomic E-state index is -0.00306. The van der Waals surface area contributed by atoms with Crippen molar-refractivity contribution in [3.05, 3.63) is 65.9 Å². The molecule has 0 unspecified atom stereocenters. The third-order valence-electron chi connectivity index (χ3n) is 5.22. The number of aryl methyl sites for hydroxylation is 1. The van der Waals surface area contributed by atoms with E-state index in [1.165, 1.54) is 11.3 Å². The molecule has 1 aliphatic heterocycles. The topological polar surface area (TPSA) is 61.5 Å². The van der Waals surface area contributed by atoms with Gasteiger partial charge in [0.1, 0.15) is 11.4 Å². The average molecular weight is 376 g/mol. The largest absolute Gasteiger partial charge is 0.497 e. The number of methoxy groups -OCH3 is 1. The van der Waals surface area contributed by atoms with Crippen molar-refractivity contribution < 1.29 is 9.53 Å². The van der Waals surface area contributed by atoms with Gasteiger partial charge in [-0.15, -0.1) is 0 Å². The van der Waals surface area contributed by atoms with Crippen molar-refractivity contribution in [3.8, 4) is 17.0 Å². The highest BCUT2D eigenvalue weighted by Crippen LogP contribution is 2.23. The number of hydrogen-bond donors (Lipinski definition) is 1. The van der Waals surface area contributed by atoms with E-state index in [4.69, 9.17) is 4.74 Å². The quantitative estimate of drug-likeness (QED) is 0.759. The molecule has 0 aliphatic carbocycles. The van der Waals surface area contributed by atoms with Gasteiger partial charge in [0.05, 0.1) is 12.8 Å². The van der Waals surface area contributed by atoms with Crippen LogP contribution in [0.5, 0.6) is 5.75 Å². The molecule has 0 saturated carbocycles. The van der Waals surface area contributed by atoms with E-state index in [0.29, 0.717) is 18.8 Å². The molecule has 3 aromatic rings. The van der Waals surface area contributed by atoms with Crippen molar-refractivity contribution in [2.45, 2.75) is 6.92 Å². The van der Waals surface area contributed by atoms with Gasteiger partial charge in [-0.25, -0.2) is 0 Å². The van der Waals surface area contributed by atoms with Crippen molar-refractivity contribution >= 4 is 11.6 Å². The number of nitrogens with zero attached hydrogens (tertiary/aromatic N) is 3. The molecule has 0 atom stereocenters. The number of carbonyl (C=O) groups is 1. The van der Waals surface area contributed by atoms with Crippen molar-refractivity contribution in [1.29, 1.82) is 0 Å². The van der Waals surface area contributed by atoms with Crippen molar-refractivity contribution in [3.63, 3.8) is 0 Å². The van der Waals surface area contributed by atoms with Crippen LogP contribution in [-0.2, 0) is 0 Å². The van der Waals surface area contributed by atoms with E-state index in [-0.39, 0.29) is 5.91 Å². The summed E-state index contributed by atoms with van der Waals surface area (Å²) in [5, 5.41) is 7.20. The molecule has 4 rings (SSSR count). The molecule has 6 heteroatoms.